The first-order valence-electron chi connectivity index (χ1n) is 11.6. The number of carboxylic acid groups (broad SMARTS) is 1. The highest BCUT2D eigenvalue weighted by Gasteiger charge is 2.34. The van der Waals surface area contributed by atoms with E-state index < -0.39 is 17.9 Å². The number of pyridine rings is 1. The average molecular weight is 496 g/mol. The lowest BCUT2D eigenvalue weighted by Gasteiger charge is -2.39. The number of aromatic carboxylic acids is 1. The average Bonchev–Trinajstić information content (AvgIpc) is 3.30. The third-order valence-corrected chi connectivity index (χ3v) is 7.39. The van der Waals surface area contributed by atoms with Crippen LogP contribution in [0.15, 0.2) is 53.7 Å². The van der Waals surface area contributed by atoms with Gasteiger partial charge in [0.05, 0.1) is 5.56 Å². The minimum absolute atomic E-state index is 0.0304. The van der Waals surface area contributed by atoms with Crippen molar-refractivity contribution in [3.63, 3.8) is 0 Å². The van der Waals surface area contributed by atoms with Gasteiger partial charge in [-0.1, -0.05) is 18.2 Å². The quantitative estimate of drug-likeness (QED) is 0.484. The molecule has 0 aliphatic carbocycles. The number of rotatable bonds is 7. The minimum atomic E-state index is -1.15. The number of piperazine rings is 1. The molecule has 35 heavy (non-hydrogen) atoms. The van der Waals surface area contributed by atoms with Gasteiger partial charge in [-0.15, -0.1) is 0 Å². The van der Waals surface area contributed by atoms with Crippen molar-refractivity contribution in [3.8, 4) is 0 Å². The monoisotopic (exact) mass is 495 g/mol. The van der Waals surface area contributed by atoms with E-state index in [9.17, 15) is 19.5 Å². The summed E-state index contributed by atoms with van der Waals surface area (Å²) in [5.74, 6) is -1.75. The summed E-state index contributed by atoms with van der Waals surface area (Å²) in [6.45, 7) is 8.61. The van der Waals surface area contributed by atoms with Crippen LogP contribution < -0.4 is 0 Å². The number of carbonyl (C=O) groups is 3. The molecule has 0 radical (unpaired) electrons. The maximum atomic E-state index is 13.7. The maximum absolute atomic E-state index is 13.7. The van der Waals surface area contributed by atoms with Gasteiger partial charge in [-0.05, 0) is 45.0 Å². The standard InChI is InChI=1S/C25H29N5O4S/c1-16(2)28-11-13-29(14-12-28)23(31)17(3)30(35-22-19(25(33)34)8-6-10-26-22)24(32)21-15-18-7-4-5-9-20(18)27-21/h4-10,15-17,27H,11-14H2,1-3H3,(H,33,34)/t17-/m1/s1. The molecular formula is C25H29N5O4S. The Balaban J connectivity index is 1.63. The summed E-state index contributed by atoms with van der Waals surface area (Å²) in [7, 11) is 0. The van der Waals surface area contributed by atoms with Crippen LogP contribution in [0, 0.1) is 0 Å². The second-order valence-corrected chi connectivity index (χ2v) is 9.75. The van der Waals surface area contributed by atoms with E-state index >= 15 is 0 Å². The Morgan fingerprint density at radius 1 is 1.06 bits per heavy atom. The molecule has 1 saturated heterocycles. The van der Waals surface area contributed by atoms with Crippen LogP contribution in [-0.4, -0.2) is 85.2 Å². The molecule has 184 valence electrons. The molecule has 4 rings (SSSR count). The van der Waals surface area contributed by atoms with Gasteiger partial charge in [-0.25, -0.2) is 9.78 Å². The number of aromatic nitrogens is 2. The molecule has 0 spiro atoms. The SMILES string of the molecule is CC(C)N1CCN(C(=O)[C@@H](C)N(Sc2ncccc2C(=O)O)C(=O)c2cc3ccccc3[nH]2)CC1. The third-order valence-electron chi connectivity index (χ3n) is 6.21. The molecular weight excluding hydrogens is 466 g/mol. The normalized spacial score (nSPS) is 15.4. The highest BCUT2D eigenvalue weighted by molar-refractivity contribution is 7.97. The minimum Gasteiger partial charge on any atom is -0.478 e. The maximum Gasteiger partial charge on any atom is 0.338 e. The Morgan fingerprint density at radius 3 is 2.43 bits per heavy atom. The summed E-state index contributed by atoms with van der Waals surface area (Å²) < 4.78 is 1.33. The Bertz CT molecular complexity index is 1200. The van der Waals surface area contributed by atoms with Crippen molar-refractivity contribution in [1.29, 1.82) is 0 Å². The number of amides is 2. The highest BCUT2D eigenvalue weighted by Crippen LogP contribution is 2.30. The Hall–Kier alpha value is -3.37. The van der Waals surface area contributed by atoms with Gasteiger partial charge in [-0.2, -0.15) is 0 Å². The van der Waals surface area contributed by atoms with Crippen LogP contribution >= 0.6 is 11.9 Å². The lowest BCUT2D eigenvalue weighted by molar-refractivity contribution is -0.136. The summed E-state index contributed by atoms with van der Waals surface area (Å²) >= 11 is 0.876. The number of fused-ring (bicyclic) bond motifs is 1. The molecule has 1 fully saturated rings. The molecule has 1 aliphatic rings. The van der Waals surface area contributed by atoms with Crippen LogP contribution in [0.3, 0.4) is 0 Å². The van der Waals surface area contributed by atoms with Crippen LogP contribution in [-0.2, 0) is 4.79 Å². The van der Waals surface area contributed by atoms with Gasteiger partial charge >= 0.3 is 5.97 Å². The molecule has 0 saturated carbocycles. The van der Waals surface area contributed by atoms with Crippen LogP contribution in [0.2, 0.25) is 0 Å². The summed E-state index contributed by atoms with van der Waals surface area (Å²) in [6.07, 6.45) is 1.47. The van der Waals surface area contributed by atoms with Gasteiger partial charge in [0, 0.05) is 61.3 Å². The van der Waals surface area contributed by atoms with Crippen molar-refractivity contribution in [2.24, 2.45) is 0 Å². The second-order valence-electron chi connectivity index (χ2n) is 8.78. The van der Waals surface area contributed by atoms with Gasteiger partial charge in [0.15, 0.2) is 0 Å². The number of carboxylic acids is 1. The number of carbonyl (C=O) groups excluding carboxylic acids is 2. The molecule has 1 aromatic carbocycles. The molecule has 9 nitrogen and oxygen atoms in total. The predicted molar refractivity (Wildman–Crippen MR) is 134 cm³/mol. The topological polar surface area (TPSA) is 110 Å². The van der Waals surface area contributed by atoms with Crippen molar-refractivity contribution >= 4 is 40.6 Å². The summed E-state index contributed by atoms with van der Waals surface area (Å²) in [5.41, 5.74) is 1.08. The lowest BCUT2D eigenvalue weighted by atomic mass is 10.2. The van der Waals surface area contributed by atoms with Gasteiger partial charge in [0.1, 0.15) is 16.8 Å². The molecule has 0 bridgehead atoms. The first-order chi connectivity index (χ1) is 16.8. The number of para-hydroxylation sites is 1. The molecule has 1 atom stereocenters. The van der Waals surface area contributed by atoms with Crippen LogP contribution in [0.1, 0.15) is 41.6 Å². The van der Waals surface area contributed by atoms with Crippen molar-refractivity contribution in [2.75, 3.05) is 26.2 Å². The zero-order chi connectivity index (χ0) is 25.1. The highest BCUT2D eigenvalue weighted by atomic mass is 32.2. The number of H-pyrrole nitrogens is 1. The van der Waals surface area contributed by atoms with Gasteiger partial charge in [-0.3, -0.25) is 18.8 Å². The molecule has 2 N–H and O–H groups in total. The second kappa shape index (κ2) is 10.5. The van der Waals surface area contributed by atoms with E-state index in [1.807, 2.05) is 24.3 Å². The number of aromatic amines is 1. The van der Waals surface area contributed by atoms with E-state index in [1.54, 1.807) is 17.9 Å². The predicted octanol–water partition coefficient (Wildman–Crippen LogP) is 3.35. The van der Waals surface area contributed by atoms with E-state index in [0.29, 0.717) is 24.8 Å². The van der Waals surface area contributed by atoms with E-state index in [4.69, 9.17) is 0 Å². The molecule has 2 amide bonds. The Kier molecular flexibility index (Phi) is 7.42. The zero-order valence-corrected chi connectivity index (χ0v) is 20.8. The fourth-order valence-corrected chi connectivity index (χ4v) is 5.12. The lowest BCUT2D eigenvalue weighted by Crippen LogP contribution is -2.55. The van der Waals surface area contributed by atoms with Crippen LogP contribution in [0.4, 0.5) is 0 Å². The Labute approximate surface area is 208 Å². The largest absolute Gasteiger partial charge is 0.478 e. The van der Waals surface area contributed by atoms with Crippen LogP contribution in [0.5, 0.6) is 0 Å². The first-order valence-corrected chi connectivity index (χ1v) is 12.3. The van der Waals surface area contributed by atoms with Gasteiger partial charge < -0.3 is 15.0 Å². The fourth-order valence-electron chi connectivity index (χ4n) is 4.15. The molecule has 2 aromatic heterocycles. The van der Waals surface area contributed by atoms with Gasteiger partial charge in [0.25, 0.3) is 5.91 Å². The van der Waals surface area contributed by atoms with E-state index in [-0.39, 0.29) is 16.5 Å². The number of hydrogen-bond acceptors (Lipinski definition) is 6. The fraction of sp³-hybridized carbons (Fsp3) is 0.360. The van der Waals surface area contributed by atoms with Crippen LogP contribution in [0.25, 0.3) is 10.9 Å². The van der Waals surface area contributed by atoms with E-state index in [2.05, 4.69) is 28.7 Å². The Morgan fingerprint density at radius 2 is 1.77 bits per heavy atom. The van der Waals surface area contributed by atoms with Crippen molar-refractivity contribution in [1.82, 2.24) is 24.1 Å². The van der Waals surface area contributed by atoms with E-state index in [1.165, 1.54) is 22.6 Å². The molecule has 1 aliphatic heterocycles. The first kappa shape index (κ1) is 24.7. The van der Waals surface area contributed by atoms with Crippen molar-refractivity contribution < 1.29 is 19.5 Å². The summed E-state index contributed by atoms with van der Waals surface area (Å²) in [5, 5.41) is 10.6. The van der Waals surface area contributed by atoms with Crippen molar-refractivity contribution in [2.45, 2.75) is 37.9 Å². The summed E-state index contributed by atoms with van der Waals surface area (Å²) in [6, 6.07) is 11.8. The zero-order valence-electron chi connectivity index (χ0n) is 20.0. The third kappa shape index (κ3) is 5.33. The summed E-state index contributed by atoms with van der Waals surface area (Å²) in [4.78, 5) is 50.3. The van der Waals surface area contributed by atoms with E-state index in [0.717, 1.165) is 35.9 Å². The smallest absolute Gasteiger partial charge is 0.338 e. The molecule has 3 aromatic rings. The molecule has 3 heterocycles. The number of hydrogen-bond donors (Lipinski definition) is 2. The molecule has 0 unspecified atom stereocenters. The van der Waals surface area contributed by atoms with Gasteiger partial charge in [0.2, 0.25) is 5.91 Å². The van der Waals surface area contributed by atoms with Crippen molar-refractivity contribution in [3.05, 3.63) is 59.9 Å². The number of nitrogens with one attached hydrogen (secondary N) is 1. The number of benzene rings is 1. The number of nitrogens with zero attached hydrogens (tertiary/aromatic N) is 4. The molecule has 10 heteroatoms.